The Labute approximate surface area is 537 Å². The van der Waals surface area contributed by atoms with Crippen LogP contribution in [0.4, 0.5) is 0 Å². The molecular formula is C78H138NO8+. The molecule has 0 bridgehead atoms. The molecule has 2 unspecified atom stereocenters. The smallest absolute Gasteiger partial charge is 0.361 e. The minimum absolute atomic E-state index is 0.182. The van der Waals surface area contributed by atoms with Crippen molar-refractivity contribution >= 4 is 17.9 Å². The number of hydrogen-bond acceptors (Lipinski definition) is 7. The Kier molecular flexibility index (Phi) is 65.2. The van der Waals surface area contributed by atoms with Gasteiger partial charge in [-0.2, -0.15) is 0 Å². The number of likely N-dealkylation sites (N-methyl/N-ethyl adjacent to an activating group) is 1. The normalized spacial score (nSPS) is 13.3. The summed E-state index contributed by atoms with van der Waals surface area (Å²) in [6.07, 6.45) is 91.0. The maximum atomic E-state index is 13.0. The molecule has 0 heterocycles. The summed E-state index contributed by atoms with van der Waals surface area (Å²) in [6.45, 7) is 4.79. The van der Waals surface area contributed by atoms with E-state index in [2.05, 4.69) is 111 Å². The van der Waals surface area contributed by atoms with Crippen LogP contribution in [0.3, 0.4) is 0 Å². The monoisotopic (exact) mass is 1220 g/mol. The number of carbonyl (C=O) groups excluding carboxylic acids is 2. The fourth-order valence-corrected chi connectivity index (χ4v) is 10.3. The Bertz CT molecular complexity index is 1750. The topological polar surface area (TPSA) is 108 Å². The van der Waals surface area contributed by atoms with E-state index in [0.717, 1.165) is 83.5 Å². The lowest BCUT2D eigenvalue weighted by Crippen LogP contribution is -2.40. The fourth-order valence-electron chi connectivity index (χ4n) is 10.3. The van der Waals surface area contributed by atoms with Crippen molar-refractivity contribution in [3.05, 3.63) is 97.2 Å². The van der Waals surface area contributed by atoms with Gasteiger partial charge in [0, 0.05) is 12.8 Å². The summed E-state index contributed by atoms with van der Waals surface area (Å²) >= 11 is 0. The molecule has 87 heavy (non-hydrogen) atoms. The number of carbonyl (C=O) groups is 3. The Balaban J connectivity index is 4.06. The summed E-state index contributed by atoms with van der Waals surface area (Å²) in [7, 11) is 5.98. The standard InChI is InChI=1S/C78H137NO8/c1-6-8-10-12-14-16-18-20-22-24-26-28-30-32-33-34-35-36-37-38-39-40-41-42-43-45-47-49-51-53-55-57-59-61-63-65-67-69-76(81)87-74(73-86-78(77(82)83)84-71-70-79(3,4)5)72-85-75(80)68-66-64-62-60-58-56-54-52-50-48-46-44-31-29-27-25-23-21-19-17-15-13-11-9-7-2/h8,10,14,16,19-22,25-28,32-33,35-36,74,78H,6-7,9,11-13,15,17-18,23-24,29-31,34,37-73H2,1-5H3/p+1/b10-8-,16-14-,21-19-,22-20-,27-25-,28-26-,33-32-,36-35-. The number of nitrogens with zero attached hydrogens (tertiary/aromatic N) is 1. The molecule has 0 aromatic carbocycles. The number of rotatable bonds is 67. The van der Waals surface area contributed by atoms with Gasteiger partial charge in [0.05, 0.1) is 34.4 Å². The van der Waals surface area contributed by atoms with Crippen molar-refractivity contribution < 1.29 is 42.9 Å². The number of esters is 2. The average molecular weight is 1220 g/mol. The van der Waals surface area contributed by atoms with E-state index in [0.29, 0.717) is 17.4 Å². The van der Waals surface area contributed by atoms with Crippen LogP contribution < -0.4 is 0 Å². The quantitative estimate of drug-likeness (QED) is 0.0211. The third-order valence-electron chi connectivity index (χ3n) is 15.8. The van der Waals surface area contributed by atoms with Gasteiger partial charge >= 0.3 is 17.9 Å². The molecule has 9 heteroatoms. The molecule has 0 fully saturated rings. The van der Waals surface area contributed by atoms with Crippen molar-refractivity contribution in [1.82, 2.24) is 0 Å². The summed E-state index contributed by atoms with van der Waals surface area (Å²) in [5, 5.41) is 9.75. The SMILES string of the molecule is CC/C=C\C/C=C\C/C=C\C/C=C\C/C=C\C/C=C\CCCCCCCCCCCCCCCCCCCCC(=O)OC(COC(=O)CCCCCCCCCCCCCCC/C=C\C/C=C\CCCCCCC)COC(OCC[N+](C)(C)C)C(=O)O. The lowest BCUT2D eigenvalue weighted by Gasteiger charge is -2.25. The Morgan fingerprint density at radius 2 is 0.655 bits per heavy atom. The van der Waals surface area contributed by atoms with E-state index in [9.17, 15) is 19.5 Å². The van der Waals surface area contributed by atoms with E-state index in [1.54, 1.807) is 0 Å². The van der Waals surface area contributed by atoms with Gasteiger partial charge in [-0.25, -0.2) is 4.79 Å². The summed E-state index contributed by atoms with van der Waals surface area (Å²) < 4.78 is 23.0. The predicted octanol–water partition coefficient (Wildman–Crippen LogP) is 22.8. The van der Waals surface area contributed by atoms with Crippen LogP contribution in [0.1, 0.15) is 322 Å². The van der Waals surface area contributed by atoms with Crippen LogP contribution in [0.5, 0.6) is 0 Å². The summed E-state index contributed by atoms with van der Waals surface area (Å²) in [5.74, 6) is -1.99. The Hall–Kier alpha value is -3.79. The first-order valence-electron chi connectivity index (χ1n) is 36.4. The van der Waals surface area contributed by atoms with Gasteiger partial charge in [0.2, 0.25) is 0 Å². The van der Waals surface area contributed by atoms with Crippen LogP contribution in [0.15, 0.2) is 97.2 Å². The van der Waals surface area contributed by atoms with Crippen molar-refractivity contribution in [3.63, 3.8) is 0 Å². The minimum Gasteiger partial charge on any atom is -0.477 e. The van der Waals surface area contributed by atoms with Crippen molar-refractivity contribution in [2.75, 3.05) is 47.5 Å². The number of hydrogen-bond donors (Lipinski definition) is 1. The van der Waals surface area contributed by atoms with E-state index < -0.39 is 24.3 Å². The van der Waals surface area contributed by atoms with Gasteiger partial charge in [0.1, 0.15) is 13.2 Å². The average Bonchev–Trinajstić information content (AvgIpc) is 3.57. The van der Waals surface area contributed by atoms with E-state index in [4.69, 9.17) is 18.9 Å². The summed E-state index contributed by atoms with van der Waals surface area (Å²) in [4.78, 5) is 37.7. The molecular weight excluding hydrogens is 1080 g/mol. The number of carboxylic acid groups (broad SMARTS) is 1. The number of unbranched alkanes of at least 4 members (excludes halogenated alkanes) is 36. The van der Waals surface area contributed by atoms with Gasteiger partial charge in [-0.05, 0) is 96.3 Å². The van der Waals surface area contributed by atoms with Crippen LogP contribution in [0.2, 0.25) is 0 Å². The van der Waals surface area contributed by atoms with Gasteiger partial charge in [-0.1, -0.05) is 310 Å². The first-order chi connectivity index (χ1) is 42.6. The van der Waals surface area contributed by atoms with Crippen LogP contribution in [-0.4, -0.2) is 87.4 Å². The molecule has 9 nitrogen and oxygen atoms in total. The molecule has 0 radical (unpaired) electrons. The number of allylic oxidation sites excluding steroid dienone is 16. The molecule has 1 N–H and O–H groups in total. The van der Waals surface area contributed by atoms with Gasteiger partial charge in [0.25, 0.3) is 6.29 Å². The Morgan fingerprint density at radius 3 is 0.977 bits per heavy atom. The lowest BCUT2D eigenvalue weighted by atomic mass is 10.0. The highest BCUT2D eigenvalue weighted by atomic mass is 16.7. The largest absolute Gasteiger partial charge is 0.477 e. The van der Waals surface area contributed by atoms with Crippen LogP contribution in [0.25, 0.3) is 0 Å². The van der Waals surface area contributed by atoms with Gasteiger partial charge in [-0.3, -0.25) is 9.59 Å². The Morgan fingerprint density at radius 1 is 0.356 bits per heavy atom. The first-order valence-corrected chi connectivity index (χ1v) is 36.4. The van der Waals surface area contributed by atoms with Crippen molar-refractivity contribution in [3.8, 4) is 0 Å². The maximum absolute atomic E-state index is 13.0. The molecule has 0 aliphatic heterocycles. The zero-order valence-corrected chi connectivity index (χ0v) is 57.4. The zero-order valence-electron chi connectivity index (χ0n) is 57.4. The molecule has 0 aliphatic rings. The zero-order chi connectivity index (χ0) is 63.3. The van der Waals surface area contributed by atoms with E-state index in [1.807, 2.05) is 21.1 Å². The molecule has 502 valence electrons. The molecule has 2 atom stereocenters. The van der Waals surface area contributed by atoms with E-state index in [1.165, 1.54) is 212 Å². The minimum atomic E-state index is -1.51. The first kappa shape index (κ1) is 83.2. The molecule has 0 rings (SSSR count). The van der Waals surface area contributed by atoms with Gasteiger partial charge in [-0.15, -0.1) is 0 Å². The fraction of sp³-hybridized carbons (Fsp3) is 0.756. The highest BCUT2D eigenvalue weighted by molar-refractivity contribution is 5.71. The van der Waals surface area contributed by atoms with Crippen molar-refractivity contribution in [2.45, 2.75) is 334 Å². The molecule has 0 aliphatic carbocycles. The third-order valence-corrected chi connectivity index (χ3v) is 15.8. The molecule has 0 aromatic heterocycles. The summed E-state index contributed by atoms with van der Waals surface area (Å²) in [6, 6.07) is 0. The lowest BCUT2D eigenvalue weighted by molar-refractivity contribution is -0.870. The highest BCUT2D eigenvalue weighted by Gasteiger charge is 2.25. The number of aliphatic carboxylic acids is 1. The van der Waals surface area contributed by atoms with Crippen molar-refractivity contribution in [1.29, 1.82) is 0 Å². The molecule has 0 aromatic rings. The van der Waals surface area contributed by atoms with Crippen molar-refractivity contribution in [2.24, 2.45) is 0 Å². The van der Waals surface area contributed by atoms with Crippen LogP contribution in [0, 0.1) is 0 Å². The summed E-state index contributed by atoms with van der Waals surface area (Å²) in [5.41, 5.74) is 0. The molecule has 0 spiro atoms. The molecule has 0 saturated carbocycles. The third kappa shape index (κ3) is 69.5. The molecule has 0 saturated heterocycles. The maximum Gasteiger partial charge on any atom is 0.361 e. The predicted molar refractivity (Wildman–Crippen MR) is 373 cm³/mol. The van der Waals surface area contributed by atoms with Gasteiger partial charge in [0.15, 0.2) is 6.10 Å². The second kappa shape index (κ2) is 68.1. The highest BCUT2D eigenvalue weighted by Crippen LogP contribution is 2.18. The van der Waals surface area contributed by atoms with E-state index in [-0.39, 0.29) is 32.2 Å². The van der Waals surface area contributed by atoms with Gasteiger partial charge < -0.3 is 28.5 Å². The number of ether oxygens (including phenoxy) is 4. The molecule has 0 amide bonds. The van der Waals surface area contributed by atoms with E-state index >= 15 is 0 Å². The van der Waals surface area contributed by atoms with Crippen LogP contribution in [-0.2, 0) is 33.3 Å². The number of quaternary nitrogens is 1. The second-order valence-electron chi connectivity index (χ2n) is 25.5. The number of carboxylic acids is 1. The second-order valence-corrected chi connectivity index (χ2v) is 25.5. The van der Waals surface area contributed by atoms with Crippen LogP contribution >= 0.6 is 0 Å².